The standard InChI is InChI=1S/C24H30N2O/c1-18(21-10-9-19-7-3-4-8-22(19)17-21)25-24(27)20-11-13-23(14-12-20)26-15-5-2-6-16-26/h9-14,17-18H,2-8,15-16H2,1H3,(H,25,27)/t18-/m0/s1. The monoisotopic (exact) mass is 362 g/mol. The summed E-state index contributed by atoms with van der Waals surface area (Å²) in [5.41, 5.74) is 6.12. The van der Waals surface area contributed by atoms with Crippen molar-refractivity contribution in [2.75, 3.05) is 18.0 Å². The van der Waals surface area contributed by atoms with Gasteiger partial charge in [0, 0.05) is 24.3 Å². The fourth-order valence-corrected chi connectivity index (χ4v) is 4.36. The van der Waals surface area contributed by atoms with E-state index in [-0.39, 0.29) is 11.9 Å². The Kier molecular flexibility index (Phi) is 5.47. The van der Waals surface area contributed by atoms with Crippen LogP contribution in [-0.4, -0.2) is 19.0 Å². The molecule has 1 aliphatic heterocycles. The summed E-state index contributed by atoms with van der Waals surface area (Å²) in [7, 11) is 0. The molecule has 27 heavy (non-hydrogen) atoms. The van der Waals surface area contributed by atoms with E-state index >= 15 is 0 Å². The molecule has 0 bridgehead atoms. The average Bonchev–Trinajstić information content (AvgIpc) is 2.74. The third-order valence-electron chi connectivity index (χ3n) is 6.07. The van der Waals surface area contributed by atoms with Gasteiger partial charge in [0.15, 0.2) is 0 Å². The lowest BCUT2D eigenvalue weighted by molar-refractivity contribution is 0.0940. The van der Waals surface area contributed by atoms with Gasteiger partial charge in [-0.2, -0.15) is 0 Å². The predicted octanol–water partition coefficient (Wildman–Crippen LogP) is 5.05. The Bertz CT molecular complexity index is 791. The number of rotatable bonds is 4. The Morgan fingerprint density at radius 2 is 1.59 bits per heavy atom. The van der Waals surface area contributed by atoms with E-state index in [1.165, 1.54) is 67.3 Å². The highest BCUT2D eigenvalue weighted by atomic mass is 16.1. The molecule has 142 valence electrons. The van der Waals surface area contributed by atoms with Gasteiger partial charge >= 0.3 is 0 Å². The SMILES string of the molecule is C[C@H](NC(=O)c1ccc(N2CCCCC2)cc1)c1ccc2c(c1)CCCC2. The van der Waals surface area contributed by atoms with E-state index in [2.05, 4.69) is 47.5 Å². The lowest BCUT2D eigenvalue weighted by Gasteiger charge is -2.28. The van der Waals surface area contributed by atoms with Crippen molar-refractivity contribution in [1.82, 2.24) is 5.32 Å². The summed E-state index contributed by atoms with van der Waals surface area (Å²) in [4.78, 5) is 15.1. The Hall–Kier alpha value is -2.29. The number of aryl methyl sites for hydroxylation is 2. The van der Waals surface area contributed by atoms with E-state index in [0.717, 1.165) is 18.7 Å². The van der Waals surface area contributed by atoms with Crippen molar-refractivity contribution in [1.29, 1.82) is 0 Å². The van der Waals surface area contributed by atoms with Gasteiger partial charge in [0.2, 0.25) is 0 Å². The van der Waals surface area contributed by atoms with Crippen LogP contribution in [0.4, 0.5) is 5.69 Å². The van der Waals surface area contributed by atoms with E-state index in [4.69, 9.17) is 0 Å². The quantitative estimate of drug-likeness (QED) is 0.826. The number of nitrogens with zero attached hydrogens (tertiary/aromatic N) is 1. The van der Waals surface area contributed by atoms with Crippen LogP contribution in [0.3, 0.4) is 0 Å². The van der Waals surface area contributed by atoms with Crippen molar-refractivity contribution in [3.63, 3.8) is 0 Å². The molecule has 2 aliphatic rings. The topological polar surface area (TPSA) is 32.3 Å². The van der Waals surface area contributed by atoms with E-state index in [1.54, 1.807) is 0 Å². The third kappa shape index (κ3) is 4.18. The Morgan fingerprint density at radius 3 is 2.33 bits per heavy atom. The maximum absolute atomic E-state index is 12.7. The number of piperidine rings is 1. The van der Waals surface area contributed by atoms with Crippen LogP contribution in [0.15, 0.2) is 42.5 Å². The second-order valence-corrected chi connectivity index (χ2v) is 8.02. The van der Waals surface area contributed by atoms with E-state index in [9.17, 15) is 4.79 Å². The number of nitrogens with one attached hydrogen (secondary N) is 1. The summed E-state index contributed by atoms with van der Waals surface area (Å²) in [5.74, 6) is 0.00501. The number of carbonyl (C=O) groups is 1. The van der Waals surface area contributed by atoms with Gasteiger partial charge in [-0.1, -0.05) is 18.2 Å². The number of carbonyl (C=O) groups excluding carboxylic acids is 1. The molecule has 0 spiro atoms. The molecule has 1 N–H and O–H groups in total. The molecule has 0 saturated carbocycles. The normalized spacial score (nSPS) is 17.9. The van der Waals surface area contributed by atoms with Crippen molar-refractivity contribution in [3.05, 3.63) is 64.7 Å². The van der Waals surface area contributed by atoms with Gasteiger partial charge in [-0.25, -0.2) is 0 Å². The molecule has 4 rings (SSSR count). The van der Waals surface area contributed by atoms with Crippen LogP contribution in [0.5, 0.6) is 0 Å². The van der Waals surface area contributed by atoms with Crippen molar-refractivity contribution >= 4 is 11.6 Å². The van der Waals surface area contributed by atoms with Gasteiger partial charge in [0.1, 0.15) is 0 Å². The molecule has 0 aromatic heterocycles. The minimum absolute atomic E-state index is 0.00501. The molecule has 1 heterocycles. The molecule has 1 amide bonds. The summed E-state index contributed by atoms with van der Waals surface area (Å²) in [6.45, 7) is 4.33. The zero-order chi connectivity index (χ0) is 18.6. The van der Waals surface area contributed by atoms with Crippen LogP contribution < -0.4 is 10.2 Å². The van der Waals surface area contributed by atoms with Gasteiger partial charge in [-0.15, -0.1) is 0 Å². The van der Waals surface area contributed by atoms with Gasteiger partial charge in [0.25, 0.3) is 5.91 Å². The molecule has 1 aliphatic carbocycles. The zero-order valence-corrected chi connectivity index (χ0v) is 16.3. The first-order valence-electron chi connectivity index (χ1n) is 10.5. The van der Waals surface area contributed by atoms with Gasteiger partial charge in [-0.05, 0) is 92.8 Å². The van der Waals surface area contributed by atoms with Crippen LogP contribution >= 0.6 is 0 Å². The number of benzene rings is 2. The molecule has 2 aromatic rings. The smallest absolute Gasteiger partial charge is 0.251 e. The van der Waals surface area contributed by atoms with Crippen LogP contribution in [0.25, 0.3) is 0 Å². The molecular formula is C24H30N2O. The van der Waals surface area contributed by atoms with E-state index in [1.807, 2.05) is 12.1 Å². The first kappa shape index (κ1) is 18.1. The van der Waals surface area contributed by atoms with Gasteiger partial charge in [-0.3, -0.25) is 4.79 Å². The lowest BCUT2D eigenvalue weighted by Crippen LogP contribution is -2.29. The number of hydrogen-bond donors (Lipinski definition) is 1. The summed E-state index contributed by atoms with van der Waals surface area (Å²) >= 11 is 0. The van der Waals surface area contributed by atoms with Crippen molar-refractivity contribution in [3.8, 4) is 0 Å². The number of anilines is 1. The lowest BCUT2D eigenvalue weighted by atomic mass is 9.89. The van der Waals surface area contributed by atoms with Crippen LogP contribution in [0.2, 0.25) is 0 Å². The van der Waals surface area contributed by atoms with E-state index < -0.39 is 0 Å². The molecule has 2 aromatic carbocycles. The number of amides is 1. The molecule has 1 fully saturated rings. The molecular weight excluding hydrogens is 332 g/mol. The first-order chi connectivity index (χ1) is 13.2. The van der Waals surface area contributed by atoms with Crippen LogP contribution in [-0.2, 0) is 12.8 Å². The summed E-state index contributed by atoms with van der Waals surface area (Å²) in [6.07, 6.45) is 8.80. The molecule has 3 nitrogen and oxygen atoms in total. The largest absolute Gasteiger partial charge is 0.372 e. The number of fused-ring (bicyclic) bond motifs is 1. The zero-order valence-electron chi connectivity index (χ0n) is 16.3. The van der Waals surface area contributed by atoms with Crippen LogP contribution in [0, 0.1) is 0 Å². The summed E-state index contributed by atoms with van der Waals surface area (Å²) in [5, 5.41) is 3.17. The highest BCUT2D eigenvalue weighted by molar-refractivity contribution is 5.94. The number of hydrogen-bond acceptors (Lipinski definition) is 2. The fourth-order valence-electron chi connectivity index (χ4n) is 4.36. The second kappa shape index (κ2) is 8.16. The second-order valence-electron chi connectivity index (χ2n) is 8.02. The van der Waals surface area contributed by atoms with Gasteiger partial charge < -0.3 is 10.2 Å². The Balaban J connectivity index is 1.40. The van der Waals surface area contributed by atoms with E-state index in [0.29, 0.717) is 0 Å². The maximum atomic E-state index is 12.7. The molecule has 3 heteroatoms. The fraction of sp³-hybridized carbons (Fsp3) is 0.458. The molecule has 1 atom stereocenters. The Morgan fingerprint density at radius 1 is 0.889 bits per heavy atom. The van der Waals surface area contributed by atoms with Crippen molar-refractivity contribution < 1.29 is 4.79 Å². The first-order valence-corrected chi connectivity index (χ1v) is 10.5. The summed E-state index contributed by atoms with van der Waals surface area (Å²) < 4.78 is 0. The minimum Gasteiger partial charge on any atom is -0.372 e. The highest BCUT2D eigenvalue weighted by Crippen LogP contribution is 2.25. The maximum Gasteiger partial charge on any atom is 0.251 e. The predicted molar refractivity (Wildman–Crippen MR) is 111 cm³/mol. The molecule has 0 radical (unpaired) electrons. The van der Waals surface area contributed by atoms with Crippen molar-refractivity contribution in [2.45, 2.75) is 57.9 Å². The molecule has 0 unspecified atom stereocenters. The van der Waals surface area contributed by atoms with Crippen LogP contribution in [0.1, 0.15) is 72.1 Å². The minimum atomic E-state index is 0.00501. The average molecular weight is 363 g/mol. The summed E-state index contributed by atoms with van der Waals surface area (Å²) in [6, 6.07) is 14.8. The third-order valence-corrected chi connectivity index (χ3v) is 6.07. The van der Waals surface area contributed by atoms with Crippen molar-refractivity contribution in [2.24, 2.45) is 0 Å². The Labute approximate surface area is 162 Å². The molecule has 1 saturated heterocycles. The highest BCUT2D eigenvalue weighted by Gasteiger charge is 2.16. The van der Waals surface area contributed by atoms with Gasteiger partial charge in [0.05, 0.1) is 6.04 Å².